The summed E-state index contributed by atoms with van der Waals surface area (Å²) in [5, 5.41) is 18.3. The zero-order chi connectivity index (χ0) is 19.7. The number of aromatic nitrogens is 2. The third kappa shape index (κ3) is 3.84. The van der Waals surface area contributed by atoms with Gasteiger partial charge >= 0.3 is 0 Å². The van der Waals surface area contributed by atoms with E-state index in [9.17, 15) is 9.90 Å². The van der Waals surface area contributed by atoms with Gasteiger partial charge in [-0.25, -0.2) is 0 Å². The van der Waals surface area contributed by atoms with Crippen LogP contribution >= 0.6 is 0 Å². The number of ether oxygens (including phenoxy) is 1. The summed E-state index contributed by atoms with van der Waals surface area (Å²) in [7, 11) is 0. The van der Waals surface area contributed by atoms with Gasteiger partial charge in [-0.05, 0) is 32.3 Å². The van der Waals surface area contributed by atoms with Crippen LogP contribution in [0.15, 0.2) is 30.3 Å². The molecule has 28 heavy (non-hydrogen) atoms. The predicted octanol–water partition coefficient (Wildman–Crippen LogP) is 3.38. The summed E-state index contributed by atoms with van der Waals surface area (Å²) >= 11 is 0. The van der Waals surface area contributed by atoms with Crippen LogP contribution in [0.4, 0.5) is 0 Å². The number of carbonyl (C=O) groups is 1. The lowest BCUT2D eigenvalue weighted by molar-refractivity contribution is -0.00733. The highest BCUT2D eigenvalue weighted by Gasteiger charge is 2.37. The first-order chi connectivity index (χ1) is 13.5. The van der Waals surface area contributed by atoms with Crippen molar-refractivity contribution >= 4 is 5.91 Å². The third-order valence-electron chi connectivity index (χ3n) is 5.96. The molecule has 0 radical (unpaired) electrons. The topological polar surface area (TPSA) is 78.5 Å². The minimum Gasteiger partial charge on any atom is -0.388 e. The molecular weight excluding hydrogens is 354 g/mol. The van der Waals surface area contributed by atoms with Crippen molar-refractivity contribution in [2.75, 3.05) is 6.54 Å². The molecule has 0 unspecified atom stereocenters. The molecule has 0 saturated heterocycles. The quantitative estimate of drug-likeness (QED) is 0.830. The molecule has 6 nitrogen and oxygen atoms in total. The fraction of sp³-hybridized carbons (Fsp3) is 0.545. The molecule has 6 heteroatoms. The summed E-state index contributed by atoms with van der Waals surface area (Å²) in [4.78, 5) is 15.3. The molecule has 1 aliphatic carbocycles. The number of hydrogen-bond donors (Lipinski definition) is 2. The first kappa shape index (κ1) is 19.2. The van der Waals surface area contributed by atoms with Gasteiger partial charge in [-0.1, -0.05) is 43.2 Å². The number of benzene rings is 1. The van der Waals surface area contributed by atoms with Crippen molar-refractivity contribution in [3.8, 4) is 0 Å². The van der Waals surface area contributed by atoms with E-state index in [2.05, 4.69) is 10.2 Å². The number of nitrogens with one attached hydrogen (secondary N) is 1. The van der Waals surface area contributed by atoms with Gasteiger partial charge in [-0.2, -0.15) is 5.10 Å². The highest BCUT2D eigenvalue weighted by molar-refractivity contribution is 5.94. The molecule has 2 heterocycles. The Kier molecular flexibility index (Phi) is 5.25. The molecule has 1 aromatic carbocycles. The fourth-order valence-corrected chi connectivity index (χ4v) is 4.55. The number of rotatable bonds is 5. The predicted molar refractivity (Wildman–Crippen MR) is 106 cm³/mol. The molecule has 1 aromatic heterocycles. The smallest absolute Gasteiger partial charge is 0.275 e. The molecular formula is C22H29N3O3. The number of aliphatic hydroxyl groups is 1. The van der Waals surface area contributed by atoms with Crippen molar-refractivity contribution in [2.24, 2.45) is 0 Å². The summed E-state index contributed by atoms with van der Waals surface area (Å²) in [6.07, 6.45) is 4.11. The summed E-state index contributed by atoms with van der Waals surface area (Å²) in [6.45, 7) is 4.79. The molecule has 2 aromatic rings. The summed E-state index contributed by atoms with van der Waals surface area (Å²) in [5.41, 5.74) is 2.56. The molecule has 0 bridgehead atoms. The van der Waals surface area contributed by atoms with Crippen LogP contribution in [0.25, 0.3) is 0 Å². The largest absolute Gasteiger partial charge is 0.388 e. The van der Waals surface area contributed by atoms with Gasteiger partial charge in [0.25, 0.3) is 5.91 Å². The number of amides is 1. The SMILES string of the molecule is C[C@@H]1Cc2c(C(=O)N(Cc3ccccc3)CC3(O)CCCC3)n[nH]c2[C@H](C)O1. The molecule has 1 saturated carbocycles. The van der Waals surface area contributed by atoms with E-state index in [0.717, 1.165) is 42.5 Å². The van der Waals surface area contributed by atoms with Crippen LogP contribution in [-0.4, -0.2) is 44.4 Å². The van der Waals surface area contributed by atoms with Gasteiger partial charge in [0.05, 0.1) is 30.0 Å². The van der Waals surface area contributed by atoms with Crippen LogP contribution in [0.5, 0.6) is 0 Å². The van der Waals surface area contributed by atoms with E-state index in [1.54, 1.807) is 4.90 Å². The highest BCUT2D eigenvalue weighted by atomic mass is 16.5. The molecule has 2 atom stereocenters. The second-order valence-corrected chi connectivity index (χ2v) is 8.34. The number of fused-ring (bicyclic) bond motifs is 1. The van der Waals surface area contributed by atoms with Gasteiger partial charge in [0, 0.05) is 18.5 Å². The third-order valence-corrected chi connectivity index (χ3v) is 5.96. The number of nitrogens with zero attached hydrogens (tertiary/aromatic N) is 2. The van der Waals surface area contributed by atoms with Crippen LogP contribution in [-0.2, 0) is 17.7 Å². The van der Waals surface area contributed by atoms with E-state index in [-0.39, 0.29) is 18.1 Å². The van der Waals surface area contributed by atoms with E-state index in [1.165, 1.54) is 0 Å². The highest BCUT2D eigenvalue weighted by Crippen LogP contribution is 2.33. The van der Waals surface area contributed by atoms with Gasteiger partial charge < -0.3 is 14.7 Å². The monoisotopic (exact) mass is 383 g/mol. The number of H-pyrrole nitrogens is 1. The fourth-order valence-electron chi connectivity index (χ4n) is 4.55. The lowest BCUT2D eigenvalue weighted by Crippen LogP contribution is -2.44. The summed E-state index contributed by atoms with van der Waals surface area (Å²) < 4.78 is 5.85. The van der Waals surface area contributed by atoms with Gasteiger partial charge in [0.2, 0.25) is 0 Å². The Morgan fingerprint density at radius 1 is 1.29 bits per heavy atom. The average molecular weight is 383 g/mol. The minimum absolute atomic E-state index is 0.0493. The second-order valence-electron chi connectivity index (χ2n) is 8.34. The van der Waals surface area contributed by atoms with E-state index >= 15 is 0 Å². The van der Waals surface area contributed by atoms with Crippen LogP contribution in [0.3, 0.4) is 0 Å². The van der Waals surface area contributed by atoms with E-state index in [1.807, 2.05) is 44.2 Å². The van der Waals surface area contributed by atoms with Gasteiger partial charge in [0.1, 0.15) is 0 Å². The van der Waals surface area contributed by atoms with Crippen LogP contribution in [0, 0.1) is 0 Å². The first-order valence-electron chi connectivity index (χ1n) is 10.2. The molecule has 1 fully saturated rings. The Labute approximate surface area is 165 Å². The normalized spacial score (nSPS) is 23.4. The molecule has 2 N–H and O–H groups in total. The maximum absolute atomic E-state index is 13.5. The standard InChI is InChI=1S/C22H29N3O3/c1-15-12-18-19(16(2)28-15)23-24-20(18)21(26)25(13-17-8-4-3-5-9-17)14-22(27)10-6-7-11-22/h3-5,8-9,15-16,27H,6-7,10-14H2,1-2H3,(H,23,24)/t15-,16+/m1/s1. The lowest BCUT2D eigenvalue weighted by Gasteiger charge is -2.32. The summed E-state index contributed by atoms with van der Waals surface area (Å²) in [6, 6.07) is 9.93. The average Bonchev–Trinajstić information content (AvgIpc) is 3.28. The van der Waals surface area contributed by atoms with Crippen molar-refractivity contribution in [1.82, 2.24) is 15.1 Å². The first-order valence-corrected chi connectivity index (χ1v) is 10.2. The van der Waals surface area contributed by atoms with Crippen molar-refractivity contribution in [2.45, 2.75) is 70.3 Å². The van der Waals surface area contributed by atoms with Crippen LogP contribution in [0.1, 0.15) is 72.9 Å². The van der Waals surface area contributed by atoms with Crippen molar-refractivity contribution in [3.63, 3.8) is 0 Å². The zero-order valence-corrected chi connectivity index (χ0v) is 16.6. The molecule has 1 amide bonds. The Morgan fingerprint density at radius 2 is 2.00 bits per heavy atom. The minimum atomic E-state index is -0.801. The molecule has 4 rings (SSSR count). The number of carbonyl (C=O) groups excluding carboxylic acids is 1. The molecule has 150 valence electrons. The number of aromatic amines is 1. The van der Waals surface area contributed by atoms with E-state index in [0.29, 0.717) is 25.2 Å². The van der Waals surface area contributed by atoms with Crippen molar-refractivity contribution in [3.05, 3.63) is 52.8 Å². The van der Waals surface area contributed by atoms with Crippen LogP contribution < -0.4 is 0 Å². The second kappa shape index (κ2) is 7.68. The van der Waals surface area contributed by atoms with Crippen molar-refractivity contribution < 1.29 is 14.6 Å². The Hall–Kier alpha value is -2.18. The van der Waals surface area contributed by atoms with E-state index in [4.69, 9.17) is 4.74 Å². The Morgan fingerprint density at radius 3 is 2.71 bits per heavy atom. The molecule has 0 spiro atoms. The Balaban J connectivity index is 1.63. The maximum atomic E-state index is 13.5. The zero-order valence-electron chi connectivity index (χ0n) is 16.6. The Bertz CT molecular complexity index is 827. The van der Waals surface area contributed by atoms with Crippen LogP contribution in [0.2, 0.25) is 0 Å². The van der Waals surface area contributed by atoms with Gasteiger partial charge in [0.15, 0.2) is 5.69 Å². The number of hydrogen-bond acceptors (Lipinski definition) is 4. The van der Waals surface area contributed by atoms with E-state index < -0.39 is 5.60 Å². The van der Waals surface area contributed by atoms with Gasteiger partial charge in [-0.3, -0.25) is 9.89 Å². The van der Waals surface area contributed by atoms with Gasteiger partial charge in [-0.15, -0.1) is 0 Å². The molecule has 2 aliphatic rings. The van der Waals surface area contributed by atoms with Crippen molar-refractivity contribution in [1.29, 1.82) is 0 Å². The maximum Gasteiger partial charge on any atom is 0.275 e. The lowest BCUT2D eigenvalue weighted by atomic mass is 9.98. The summed E-state index contributed by atoms with van der Waals surface area (Å²) in [5.74, 6) is -0.122. The molecule has 1 aliphatic heterocycles.